The summed E-state index contributed by atoms with van der Waals surface area (Å²) < 4.78 is 39.2. The van der Waals surface area contributed by atoms with Gasteiger partial charge in [-0.2, -0.15) is 13.2 Å². The van der Waals surface area contributed by atoms with Crippen molar-refractivity contribution in [3.63, 3.8) is 0 Å². The second kappa shape index (κ2) is 11.3. The minimum absolute atomic E-state index is 0.125. The van der Waals surface area contributed by atoms with E-state index < -0.39 is 36.2 Å². The van der Waals surface area contributed by atoms with Crippen molar-refractivity contribution in [1.82, 2.24) is 10.2 Å². The number of nitrogens with zero attached hydrogens (tertiary/aromatic N) is 2. The summed E-state index contributed by atoms with van der Waals surface area (Å²) in [4.78, 5) is 29.9. The van der Waals surface area contributed by atoms with E-state index in [4.69, 9.17) is 0 Å². The van der Waals surface area contributed by atoms with Crippen molar-refractivity contribution in [3.05, 3.63) is 90.0 Å². The van der Waals surface area contributed by atoms with Gasteiger partial charge in [-0.15, -0.1) is 0 Å². The van der Waals surface area contributed by atoms with Crippen LogP contribution in [-0.4, -0.2) is 60.6 Å². The van der Waals surface area contributed by atoms with Crippen molar-refractivity contribution in [3.8, 4) is 0 Å². The Morgan fingerprint density at radius 2 is 1.57 bits per heavy atom. The molecule has 1 aliphatic heterocycles. The molecule has 3 N–H and O–H groups in total. The van der Waals surface area contributed by atoms with Crippen LogP contribution in [0.25, 0.3) is 0 Å². The van der Waals surface area contributed by atoms with Crippen molar-refractivity contribution in [1.29, 1.82) is 0 Å². The first-order chi connectivity index (χ1) is 17.8. The van der Waals surface area contributed by atoms with Gasteiger partial charge >= 0.3 is 6.18 Å². The van der Waals surface area contributed by atoms with Crippen LogP contribution >= 0.6 is 0 Å². The molecule has 0 unspecified atom stereocenters. The van der Waals surface area contributed by atoms with Crippen LogP contribution in [0, 0.1) is 0 Å². The van der Waals surface area contributed by atoms with Gasteiger partial charge in [-0.05, 0) is 42.5 Å². The lowest BCUT2D eigenvalue weighted by atomic mass is 10.1. The van der Waals surface area contributed by atoms with Gasteiger partial charge in [-0.3, -0.25) is 9.59 Å². The highest BCUT2D eigenvalue weighted by molar-refractivity contribution is 6.02. The molecule has 10 heteroatoms. The van der Waals surface area contributed by atoms with Gasteiger partial charge in [-0.25, -0.2) is 0 Å². The quantitative estimate of drug-likeness (QED) is 0.448. The number of halogens is 3. The molecule has 1 heterocycles. The Labute approximate surface area is 212 Å². The number of aliphatic hydroxyl groups excluding tert-OH is 1. The summed E-state index contributed by atoms with van der Waals surface area (Å²) in [5.74, 6) is -1.03. The zero-order chi connectivity index (χ0) is 26.4. The molecule has 0 radical (unpaired) electrons. The molecule has 1 saturated heterocycles. The lowest BCUT2D eigenvalue weighted by Crippen LogP contribution is -2.56. The largest absolute Gasteiger partial charge is 0.416 e. The molecule has 2 amide bonds. The highest BCUT2D eigenvalue weighted by atomic mass is 19.4. The second-order valence-corrected chi connectivity index (χ2v) is 8.61. The highest BCUT2D eigenvalue weighted by Crippen LogP contribution is 2.32. The normalized spacial score (nSPS) is 14.7. The Morgan fingerprint density at radius 3 is 2.24 bits per heavy atom. The summed E-state index contributed by atoms with van der Waals surface area (Å²) in [6.07, 6.45) is -4.50. The fourth-order valence-electron chi connectivity index (χ4n) is 4.18. The van der Waals surface area contributed by atoms with E-state index in [-0.39, 0.29) is 16.9 Å². The molecule has 1 aliphatic rings. The summed E-state index contributed by atoms with van der Waals surface area (Å²) in [5, 5.41) is 15.3. The van der Waals surface area contributed by atoms with Gasteiger partial charge in [0.15, 0.2) is 0 Å². The first-order valence-corrected chi connectivity index (χ1v) is 11.8. The van der Waals surface area contributed by atoms with Crippen molar-refractivity contribution in [2.75, 3.05) is 43.0 Å². The molecule has 3 aromatic carbocycles. The number of aliphatic hydroxyl groups is 1. The minimum Gasteiger partial charge on any atom is -0.394 e. The number of rotatable bonds is 7. The van der Waals surface area contributed by atoms with E-state index in [9.17, 15) is 27.9 Å². The number of hydrogen-bond donors (Lipinski definition) is 3. The van der Waals surface area contributed by atoms with Gasteiger partial charge in [0.25, 0.3) is 5.91 Å². The van der Waals surface area contributed by atoms with Gasteiger partial charge in [0.05, 0.1) is 23.4 Å². The van der Waals surface area contributed by atoms with Crippen molar-refractivity contribution in [2.45, 2.75) is 12.2 Å². The zero-order valence-electron chi connectivity index (χ0n) is 19.9. The first kappa shape index (κ1) is 26.0. The number of carbonyl (C=O) groups excluding carboxylic acids is 2. The fourth-order valence-corrected chi connectivity index (χ4v) is 4.18. The van der Waals surface area contributed by atoms with Crippen molar-refractivity contribution < 1.29 is 27.9 Å². The SMILES string of the molecule is O=C(N[C@@H](CO)C(=O)N1CCN(c2ccccc2)CC1)c1ccccc1Nc1cccc(C(F)(F)F)c1. The van der Waals surface area contributed by atoms with E-state index in [2.05, 4.69) is 15.5 Å². The Morgan fingerprint density at radius 1 is 0.892 bits per heavy atom. The monoisotopic (exact) mass is 512 g/mol. The zero-order valence-corrected chi connectivity index (χ0v) is 19.9. The Hall–Kier alpha value is -4.05. The van der Waals surface area contributed by atoms with Crippen LogP contribution in [0.2, 0.25) is 0 Å². The number of benzene rings is 3. The summed E-state index contributed by atoms with van der Waals surface area (Å²) in [6.45, 7) is 1.52. The maximum atomic E-state index is 13.1. The third kappa shape index (κ3) is 6.39. The Bertz CT molecular complexity index is 1230. The number of anilines is 3. The number of hydrogen-bond acceptors (Lipinski definition) is 5. The molecule has 7 nitrogen and oxygen atoms in total. The van der Waals surface area contributed by atoms with Crippen LogP contribution in [0.4, 0.5) is 30.2 Å². The average Bonchev–Trinajstić information content (AvgIpc) is 2.92. The predicted molar refractivity (Wildman–Crippen MR) is 135 cm³/mol. The van der Waals surface area contributed by atoms with Crippen LogP contribution in [0.15, 0.2) is 78.9 Å². The number of amides is 2. The van der Waals surface area contributed by atoms with Crippen molar-refractivity contribution >= 4 is 28.9 Å². The molecule has 0 saturated carbocycles. The smallest absolute Gasteiger partial charge is 0.394 e. The number of piperazine rings is 1. The van der Waals surface area contributed by atoms with E-state index in [1.807, 2.05) is 30.3 Å². The number of alkyl halides is 3. The van der Waals surface area contributed by atoms with Crippen LogP contribution in [-0.2, 0) is 11.0 Å². The molecule has 0 aromatic heterocycles. The topological polar surface area (TPSA) is 84.9 Å². The first-order valence-electron chi connectivity index (χ1n) is 11.8. The molecule has 37 heavy (non-hydrogen) atoms. The molecule has 0 aliphatic carbocycles. The summed E-state index contributed by atoms with van der Waals surface area (Å²) >= 11 is 0. The van der Waals surface area contributed by atoms with Gasteiger partial charge in [0.2, 0.25) is 5.91 Å². The Balaban J connectivity index is 1.41. The Kier molecular flexibility index (Phi) is 7.98. The molecule has 1 atom stereocenters. The van der Waals surface area contributed by atoms with E-state index in [1.165, 1.54) is 18.2 Å². The number of nitrogens with one attached hydrogen (secondary N) is 2. The summed E-state index contributed by atoms with van der Waals surface area (Å²) in [6, 6.07) is 19.6. The second-order valence-electron chi connectivity index (χ2n) is 8.61. The molecule has 4 rings (SSSR count). The number of carbonyl (C=O) groups is 2. The lowest BCUT2D eigenvalue weighted by Gasteiger charge is -2.37. The third-order valence-electron chi connectivity index (χ3n) is 6.14. The minimum atomic E-state index is -4.50. The lowest BCUT2D eigenvalue weighted by molar-refractivity contribution is -0.137. The standard InChI is InChI=1S/C27H27F3N4O3/c28-27(29,30)19-7-6-8-20(17-19)31-23-12-5-4-11-22(23)25(36)32-24(18-35)26(37)34-15-13-33(14-16-34)21-9-2-1-3-10-21/h1-12,17,24,31,35H,13-16,18H2,(H,32,36)/t24-/m0/s1. The van der Waals surface area contributed by atoms with Crippen molar-refractivity contribution in [2.24, 2.45) is 0 Å². The predicted octanol–water partition coefficient (Wildman–Crippen LogP) is 3.89. The van der Waals surface area contributed by atoms with E-state index in [0.717, 1.165) is 17.8 Å². The third-order valence-corrected chi connectivity index (χ3v) is 6.14. The summed E-state index contributed by atoms with van der Waals surface area (Å²) in [7, 11) is 0. The maximum absolute atomic E-state index is 13.1. The average molecular weight is 513 g/mol. The van der Waals surface area contributed by atoms with Gasteiger partial charge < -0.3 is 25.5 Å². The van der Waals surface area contributed by atoms with E-state index in [0.29, 0.717) is 26.2 Å². The van der Waals surface area contributed by atoms with E-state index >= 15 is 0 Å². The molecular weight excluding hydrogens is 485 g/mol. The van der Waals surface area contributed by atoms with Crippen LogP contribution in [0.3, 0.4) is 0 Å². The van der Waals surface area contributed by atoms with Gasteiger partial charge in [0, 0.05) is 37.6 Å². The van der Waals surface area contributed by atoms with Gasteiger partial charge in [-0.1, -0.05) is 36.4 Å². The highest BCUT2D eigenvalue weighted by Gasteiger charge is 2.31. The molecule has 1 fully saturated rings. The van der Waals surface area contributed by atoms with E-state index in [1.54, 1.807) is 23.1 Å². The molecule has 0 bridgehead atoms. The van der Waals surface area contributed by atoms with Crippen LogP contribution in [0.5, 0.6) is 0 Å². The summed E-state index contributed by atoms with van der Waals surface area (Å²) in [5.41, 5.74) is 0.783. The number of para-hydroxylation sites is 2. The molecule has 0 spiro atoms. The maximum Gasteiger partial charge on any atom is 0.416 e. The van der Waals surface area contributed by atoms with Gasteiger partial charge in [0.1, 0.15) is 6.04 Å². The molecular formula is C27H27F3N4O3. The molecule has 3 aromatic rings. The molecule has 194 valence electrons. The van der Waals surface area contributed by atoms with Crippen LogP contribution in [0.1, 0.15) is 15.9 Å². The van der Waals surface area contributed by atoms with Crippen LogP contribution < -0.4 is 15.5 Å². The fraction of sp³-hybridized carbons (Fsp3) is 0.259.